The number of carbonyl (C=O) groups excluding carboxylic acids is 1. The number of hydrogen-bond acceptors (Lipinski definition) is 3. The Morgan fingerprint density at radius 1 is 1.37 bits per heavy atom. The highest BCUT2D eigenvalue weighted by atomic mass is 35.5. The molecule has 4 N–H and O–H groups in total. The Balaban J connectivity index is 2.23. The number of rotatable bonds is 3. The number of methoxy groups -OCH3 is 1. The molecule has 0 atom stereocenters. The summed E-state index contributed by atoms with van der Waals surface area (Å²) in [6.07, 6.45) is 0. The van der Waals surface area contributed by atoms with Gasteiger partial charge in [0, 0.05) is 6.07 Å². The van der Waals surface area contributed by atoms with Crippen LogP contribution in [0.5, 0.6) is 5.75 Å². The van der Waals surface area contributed by atoms with Gasteiger partial charge in [-0.05, 0) is 18.2 Å². The van der Waals surface area contributed by atoms with Crippen molar-refractivity contribution >= 4 is 40.5 Å². The molecule has 1 amide bonds. The SMILES string of the molecule is COc1ccc(N)c(NC(=O)c2cc(Cl)c(Cl)[nH]2)c1. The molecule has 7 heteroatoms. The summed E-state index contributed by atoms with van der Waals surface area (Å²) >= 11 is 11.5. The van der Waals surface area contributed by atoms with Crippen molar-refractivity contribution in [1.82, 2.24) is 4.98 Å². The van der Waals surface area contributed by atoms with Crippen molar-refractivity contribution in [3.05, 3.63) is 40.1 Å². The van der Waals surface area contributed by atoms with Gasteiger partial charge in [-0.1, -0.05) is 23.2 Å². The largest absolute Gasteiger partial charge is 0.497 e. The summed E-state index contributed by atoms with van der Waals surface area (Å²) in [6, 6.07) is 6.41. The molecular weight excluding hydrogens is 289 g/mol. The molecule has 0 radical (unpaired) electrons. The first-order chi connectivity index (χ1) is 9.01. The lowest BCUT2D eigenvalue weighted by atomic mass is 10.2. The zero-order valence-electron chi connectivity index (χ0n) is 9.96. The van der Waals surface area contributed by atoms with E-state index in [-0.39, 0.29) is 15.9 Å². The lowest BCUT2D eigenvalue weighted by Crippen LogP contribution is -2.13. The minimum atomic E-state index is -0.395. The molecule has 0 spiro atoms. The highest BCUT2D eigenvalue weighted by molar-refractivity contribution is 6.41. The van der Waals surface area contributed by atoms with Crippen LogP contribution >= 0.6 is 23.2 Å². The van der Waals surface area contributed by atoms with E-state index in [1.807, 2.05) is 0 Å². The number of amides is 1. The fraction of sp³-hybridized carbons (Fsp3) is 0.0833. The van der Waals surface area contributed by atoms with Gasteiger partial charge in [0.15, 0.2) is 0 Å². The lowest BCUT2D eigenvalue weighted by Gasteiger charge is -2.09. The molecule has 2 rings (SSSR count). The van der Waals surface area contributed by atoms with Gasteiger partial charge >= 0.3 is 0 Å². The van der Waals surface area contributed by atoms with E-state index in [0.717, 1.165) is 0 Å². The van der Waals surface area contributed by atoms with Crippen LogP contribution in [0.4, 0.5) is 11.4 Å². The molecule has 2 aromatic rings. The number of nitrogens with one attached hydrogen (secondary N) is 2. The molecule has 0 aliphatic carbocycles. The second-order valence-corrected chi connectivity index (χ2v) is 4.54. The van der Waals surface area contributed by atoms with Crippen LogP contribution in [0.15, 0.2) is 24.3 Å². The molecule has 0 bridgehead atoms. The van der Waals surface area contributed by atoms with Crippen LogP contribution in [-0.4, -0.2) is 18.0 Å². The van der Waals surface area contributed by atoms with E-state index in [0.29, 0.717) is 17.1 Å². The number of carbonyl (C=O) groups is 1. The highest BCUT2D eigenvalue weighted by Gasteiger charge is 2.13. The van der Waals surface area contributed by atoms with E-state index in [2.05, 4.69) is 10.3 Å². The predicted molar refractivity (Wildman–Crippen MR) is 76.2 cm³/mol. The van der Waals surface area contributed by atoms with Crippen molar-refractivity contribution in [3.8, 4) is 5.75 Å². The summed E-state index contributed by atoms with van der Waals surface area (Å²) in [5.74, 6) is 0.195. The average molecular weight is 300 g/mol. The minimum Gasteiger partial charge on any atom is -0.497 e. The molecule has 1 aromatic carbocycles. The Hall–Kier alpha value is -1.85. The zero-order chi connectivity index (χ0) is 14.0. The molecule has 5 nitrogen and oxygen atoms in total. The second kappa shape index (κ2) is 5.42. The summed E-state index contributed by atoms with van der Waals surface area (Å²) < 4.78 is 5.06. The van der Waals surface area contributed by atoms with Gasteiger partial charge in [0.1, 0.15) is 16.6 Å². The Labute approximate surface area is 119 Å². The Morgan fingerprint density at radius 2 is 2.11 bits per heavy atom. The maximum absolute atomic E-state index is 12.0. The molecule has 19 heavy (non-hydrogen) atoms. The molecule has 0 aliphatic heterocycles. The number of H-pyrrole nitrogens is 1. The minimum absolute atomic E-state index is 0.213. The third-order valence-electron chi connectivity index (χ3n) is 2.48. The summed E-state index contributed by atoms with van der Waals surface area (Å²) in [7, 11) is 1.53. The van der Waals surface area contributed by atoms with Gasteiger partial charge < -0.3 is 20.8 Å². The van der Waals surface area contributed by atoms with Crippen LogP contribution in [0.25, 0.3) is 0 Å². The van der Waals surface area contributed by atoms with Crippen molar-refractivity contribution < 1.29 is 9.53 Å². The number of nitrogen functional groups attached to an aromatic ring is 1. The standard InChI is InChI=1S/C12H11Cl2N3O2/c1-19-6-2-3-8(15)9(4-6)17-12(18)10-5-7(13)11(14)16-10/h2-5,16H,15H2,1H3,(H,17,18). The topological polar surface area (TPSA) is 80.1 Å². The molecule has 100 valence electrons. The number of anilines is 2. The third-order valence-corrected chi connectivity index (χ3v) is 3.17. The van der Waals surface area contributed by atoms with Gasteiger partial charge in [-0.25, -0.2) is 0 Å². The summed E-state index contributed by atoms with van der Waals surface area (Å²) in [4.78, 5) is 14.6. The van der Waals surface area contributed by atoms with E-state index < -0.39 is 5.91 Å². The zero-order valence-corrected chi connectivity index (χ0v) is 11.5. The Bertz CT molecular complexity index is 606. The molecule has 1 heterocycles. The number of hydrogen-bond donors (Lipinski definition) is 3. The second-order valence-electron chi connectivity index (χ2n) is 3.75. The monoisotopic (exact) mass is 299 g/mol. The maximum atomic E-state index is 12.0. The first-order valence-corrected chi connectivity index (χ1v) is 6.05. The molecule has 0 saturated heterocycles. The first kappa shape index (κ1) is 13.6. The van der Waals surface area contributed by atoms with Gasteiger partial charge in [0.05, 0.1) is 23.5 Å². The van der Waals surface area contributed by atoms with Gasteiger partial charge in [-0.15, -0.1) is 0 Å². The van der Waals surface area contributed by atoms with Gasteiger partial charge in [-0.3, -0.25) is 4.79 Å². The molecular formula is C12H11Cl2N3O2. The smallest absolute Gasteiger partial charge is 0.272 e. The fourth-order valence-corrected chi connectivity index (χ4v) is 1.80. The quantitative estimate of drug-likeness (QED) is 0.762. The maximum Gasteiger partial charge on any atom is 0.272 e. The van der Waals surface area contributed by atoms with Crippen molar-refractivity contribution in [2.45, 2.75) is 0 Å². The van der Waals surface area contributed by atoms with Crippen molar-refractivity contribution in [2.75, 3.05) is 18.2 Å². The first-order valence-electron chi connectivity index (χ1n) is 5.30. The number of ether oxygens (including phenoxy) is 1. The van der Waals surface area contributed by atoms with Gasteiger partial charge in [0.25, 0.3) is 5.91 Å². The molecule has 0 aliphatic rings. The Kier molecular flexibility index (Phi) is 3.87. The predicted octanol–water partition coefficient (Wildman–Crippen LogP) is 3.16. The van der Waals surface area contributed by atoms with Crippen LogP contribution in [-0.2, 0) is 0 Å². The molecule has 0 saturated carbocycles. The van der Waals surface area contributed by atoms with E-state index in [1.54, 1.807) is 18.2 Å². The normalized spacial score (nSPS) is 10.3. The van der Waals surface area contributed by atoms with Crippen molar-refractivity contribution in [1.29, 1.82) is 0 Å². The van der Waals surface area contributed by atoms with Crippen LogP contribution in [0.1, 0.15) is 10.5 Å². The molecule has 1 aromatic heterocycles. The van der Waals surface area contributed by atoms with Gasteiger partial charge in [0.2, 0.25) is 0 Å². The summed E-state index contributed by atoms with van der Waals surface area (Å²) in [5, 5.41) is 3.15. The average Bonchev–Trinajstić information content (AvgIpc) is 2.72. The highest BCUT2D eigenvalue weighted by Crippen LogP contribution is 2.26. The molecule has 0 fully saturated rings. The van der Waals surface area contributed by atoms with E-state index >= 15 is 0 Å². The number of halogens is 2. The van der Waals surface area contributed by atoms with Gasteiger partial charge in [-0.2, -0.15) is 0 Å². The van der Waals surface area contributed by atoms with E-state index in [4.69, 9.17) is 33.7 Å². The van der Waals surface area contributed by atoms with Crippen LogP contribution < -0.4 is 15.8 Å². The van der Waals surface area contributed by atoms with E-state index in [1.165, 1.54) is 13.2 Å². The summed E-state index contributed by atoms with van der Waals surface area (Å²) in [5.41, 5.74) is 6.90. The van der Waals surface area contributed by atoms with Crippen LogP contribution in [0.3, 0.4) is 0 Å². The fourth-order valence-electron chi connectivity index (χ4n) is 1.49. The van der Waals surface area contributed by atoms with E-state index in [9.17, 15) is 4.79 Å². The van der Waals surface area contributed by atoms with Crippen LogP contribution in [0, 0.1) is 0 Å². The van der Waals surface area contributed by atoms with Crippen LogP contribution in [0.2, 0.25) is 10.2 Å². The number of nitrogens with two attached hydrogens (primary N) is 1. The number of aromatic nitrogens is 1. The third kappa shape index (κ3) is 2.94. The van der Waals surface area contributed by atoms with Crippen molar-refractivity contribution in [3.63, 3.8) is 0 Å². The molecule has 0 unspecified atom stereocenters. The number of aromatic amines is 1. The Morgan fingerprint density at radius 3 is 2.68 bits per heavy atom. The van der Waals surface area contributed by atoms with Crippen molar-refractivity contribution in [2.24, 2.45) is 0 Å². The number of benzene rings is 1. The lowest BCUT2D eigenvalue weighted by molar-refractivity contribution is 0.102. The summed E-state index contributed by atoms with van der Waals surface area (Å²) in [6.45, 7) is 0.